The summed E-state index contributed by atoms with van der Waals surface area (Å²) < 4.78 is 0. The Balaban J connectivity index is 2.14. The molecule has 2 rings (SSSR count). The summed E-state index contributed by atoms with van der Waals surface area (Å²) in [5.74, 6) is 0.716. The van der Waals surface area contributed by atoms with E-state index in [1.807, 2.05) is 24.3 Å². The minimum atomic E-state index is -0.110. The van der Waals surface area contributed by atoms with Crippen LogP contribution in [0.5, 0.6) is 0 Å². The summed E-state index contributed by atoms with van der Waals surface area (Å²) in [5.41, 5.74) is 2.45. The maximum absolute atomic E-state index is 12.0. The van der Waals surface area contributed by atoms with Crippen molar-refractivity contribution >= 4 is 16.9 Å². The Morgan fingerprint density at radius 3 is 2.77 bits per heavy atom. The zero-order valence-corrected chi connectivity index (χ0v) is 13.5. The number of amides is 1. The zero-order chi connectivity index (χ0) is 15.9. The van der Waals surface area contributed by atoms with Crippen LogP contribution in [0.25, 0.3) is 11.0 Å². The van der Waals surface area contributed by atoms with E-state index < -0.39 is 0 Å². The summed E-state index contributed by atoms with van der Waals surface area (Å²) in [4.78, 5) is 19.9. The fourth-order valence-electron chi connectivity index (χ4n) is 2.47. The monoisotopic (exact) mass is 299 g/mol. The van der Waals surface area contributed by atoms with Crippen LogP contribution in [0.2, 0.25) is 0 Å². The number of para-hydroxylation sites is 2. The Hall–Kier alpha value is -2.10. The van der Waals surface area contributed by atoms with E-state index in [9.17, 15) is 4.79 Å². The molecule has 1 heterocycles. The van der Waals surface area contributed by atoms with E-state index in [0.717, 1.165) is 29.7 Å². The number of hydrogen-bond acceptors (Lipinski definition) is 2. The molecule has 1 atom stereocenters. The van der Waals surface area contributed by atoms with Gasteiger partial charge in [0.05, 0.1) is 17.1 Å². The van der Waals surface area contributed by atoms with Gasteiger partial charge in [-0.25, -0.2) is 4.98 Å². The van der Waals surface area contributed by atoms with E-state index in [1.165, 1.54) is 19.3 Å². The highest BCUT2D eigenvalue weighted by molar-refractivity contribution is 5.92. The molecule has 4 nitrogen and oxygen atoms in total. The first kappa shape index (κ1) is 16.3. The molecule has 2 N–H and O–H groups in total. The lowest BCUT2D eigenvalue weighted by Gasteiger charge is -2.16. The number of carbonyl (C=O) groups excluding carboxylic acids is 1. The molecule has 1 unspecified atom stereocenters. The number of aromatic nitrogens is 2. The summed E-state index contributed by atoms with van der Waals surface area (Å²) in [5, 5.41) is 3.04. The third-order valence-corrected chi connectivity index (χ3v) is 3.78. The molecule has 0 bridgehead atoms. The first-order valence-corrected chi connectivity index (χ1v) is 8.02. The SMILES string of the molecule is C=C(C)C(=O)NC(CCCCCC)c1nc2ccccc2[nH]1. The number of nitrogens with one attached hydrogen (secondary N) is 2. The molecule has 2 aromatic rings. The van der Waals surface area contributed by atoms with Crippen LogP contribution in [0.3, 0.4) is 0 Å². The number of imidazole rings is 1. The second kappa shape index (κ2) is 7.78. The normalized spacial score (nSPS) is 12.3. The van der Waals surface area contributed by atoms with Gasteiger partial charge < -0.3 is 10.3 Å². The van der Waals surface area contributed by atoms with E-state index in [2.05, 4.69) is 28.8 Å². The fourth-order valence-corrected chi connectivity index (χ4v) is 2.47. The highest BCUT2D eigenvalue weighted by Crippen LogP contribution is 2.21. The summed E-state index contributed by atoms with van der Waals surface area (Å²) >= 11 is 0. The smallest absolute Gasteiger partial charge is 0.246 e. The van der Waals surface area contributed by atoms with Gasteiger partial charge in [-0.2, -0.15) is 0 Å². The number of fused-ring (bicyclic) bond motifs is 1. The van der Waals surface area contributed by atoms with Crippen LogP contribution in [0.15, 0.2) is 36.4 Å². The fraction of sp³-hybridized carbons (Fsp3) is 0.444. The van der Waals surface area contributed by atoms with E-state index in [1.54, 1.807) is 6.92 Å². The van der Waals surface area contributed by atoms with Gasteiger partial charge in [0, 0.05) is 5.57 Å². The van der Waals surface area contributed by atoms with Gasteiger partial charge in [0.1, 0.15) is 5.82 Å². The van der Waals surface area contributed by atoms with Crippen molar-refractivity contribution in [1.82, 2.24) is 15.3 Å². The first-order chi connectivity index (χ1) is 10.6. The summed E-state index contributed by atoms with van der Waals surface area (Å²) in [7, 11) is 0. The summed E-state index contributed by atoms with van der Waals surface area (Å²) in [6, 6.07) is 7.83. The maximum atomic E-state index is 12.0. The van der Waals surface area contributed by atoms with Gasteiger partial charge in [0.15, 0.2) is 0 Å². The number of benzene rings is 1. The molecule has 1 amide bonds. The number of aromatic amines is 1. The van der Waals surface area contributed by atoms with Gasteiger partial charge in [0.2, 0.25) is 5.91 Å². The van der Waals surface area contributed by atoms with Gasteiger partial charge in [-0.15, -0.1) is 0 Å². The minimum absolute atomic E-state index is 0.0894. The van der Waals surface area contributed by atoms with Crippen LogP contribution in [0.4, 0.5) is 0 Å². The second-order valence-corrected chi connectivity index (χ2v) is 5.79. The molecule has 0 aliphatic rings. The van der Waals surface area contributed by atoms with Crippen LogP contribution in [-0.2, 0) is 4.79 Å². The van der Waals surface area contributed by atoms with Crippen molar-refractivity contribution in [2.75, 3.05) is 0 Å². The van der Waals surface area contributed by atoms with E-state index in [4.69, 9.17) is 0 Å². The lowest BCUT2D eigenvalue weighted by atomic mass is 10.1. The third kappa shape index (κ3) is 4.20. The number of H-pyrrole nitrogens is 1. The Morgan fingerprint density at radius 2 is 2.09 bits per heavy atom. The number of nitrogens with zero attached hydrogens (tertiary/aromatic N) is 1. The molecule has 1 aromatic heterocycles. The molecule has 0 spiro atoms. The molecule has 4 heteroatoms. The average Bonchev–Trinajstić information content (AvgIpc) is 2.93. The molecular weight excluding hydrogens is 274 g/mol. The quantitative estimate of drug-likeness (QED) is 0.565. The lowest BCUT2D eigenvalue weighted by Crippen LogP contribution is -2.29. The highest BCUT2D eigenvalue weighted by Gasteiger charge is 2.18. The standard InChI is InChI=1S/C18H25N3O/c1-4-5-6-7-12-16(21-18(22)13(2)3)17-19-14-10-8-9-11-15(14)20-17/h8-11,16H,2,4-7,12H2,1,3H3,(H,19,20)(H,21,22). The number of unbranched alkanes of at least 4 members (excludes halogenated alkanes) is 3. The zero-order valence-electron chi connectivity index (χ0n) is 13.5. The Kier molecular flexibility index (Phi) is 5.75. The molecular formula is C18H25N3O. The minimum Gasteiger partial charge on any atom is -0.342 e. The number of carbonyl (C=O) groups is 1. The topological polar surface area (TPSA) is 57.8 Å². The summed E-state index contributed by atoms with van der Waals surface area (Å²) in [6.07, 6.45) is 5.57. The van der Waals surface area contributed by atoms with Crippen molar-refractivity contribution in [2.45, 2.75) is 52.0 Å². The number of hydrogen-bond donors (Lipinski definition) is 2. The van der Waals surface area contributed by atoms with Crippen LogP contribution in [-0.4, -0.2) is 15.9 Å². The van der Waals surface area contributed by atoms with E-state index in [0.29, 0.717) is 5.57 Å². The van der Waals surface area contributed by atoms with Crippen molar-refractivity contribution < 1.29 is 4.79 Å². The highest BCUT2D eigenvalue weighted by atomic mass is 16.1. The first-order valence-electron chi connectivity index (χ1n) is 8.02. The Bertz CT molecular complexity index is 612. The predicted molar refractivity (Wildman–Crippen MR) is 90.6 cm³/mol. The third-order valence-electron chi connectivity index (χ3n) is 3.78. The van der Waals surface area contributed by atoms with Crippen molar-refractivity contribution in [2.24, 2.45) is 0 Å². The van der Waals surface area contributed by atoms with Crippen molar-refractivity contribution in [3.05, 3.63) is 42.2 Å². The maximum Gasteiger partial charge on any atom is 0.246 e. The Labute approximate surface area is 132 Å². The van der Waals surface area contributed by atoms with Crippen LogP contribution >= 0.6 is 0 Å². The molecule has 22 heavy (non-hydrogen) atoms. The summed E-state index contributed by atoms with van der Waals surface area (Å²) in [6.45, 7) is 7.63. The molecule has 0 aliphatic heterocycles. The van der Waals surface area contributed by atoms with Gasteiger partial charge in [-0.3, -0.25) is 4.79 Å². The average molecular weight is 299 g/mol. The van der Waals surface area contributed by atoms with Gasteiger partial charge >= 0.3 is 0 Å². The van der Waals surface area contributed by atoms with E-state index >= 15 is 0 Å². The molecule has 0 radical (unpaired) electrons. The lowest BCUT2D eigenvalue weighted by molar-refractivity contribution is -0.118. The largest absolute Gasteiger partial charge is 0.342 e. The predicted octanol–water partition coefficient (Wildman–Crippen LogP) is 4.27. The van der Waals surface area contributed by atoms with Crippen molar-refractivity contribution in [3.63, 3.8) is 0 Å². The molecule has 0 saturated heterocycles. The second-order valence-electron chi connectivity index (χ2n) is 5.79. The number of rotatable bonds is 8. The van der Waals surface area contributed by atoms with Crippen LogP contribution < -0.4 is 5.32 Å². The molecule has 0 saturated carbocycles. The van der Waals surface area contributed by atoms with Crippen molar-refractivity contribution in [1.29, 1.82) is 0 Å². The van der Waals surface area contributed by atoms with Crippen molar-refractivity contribution in [3.8, 4) is 0 Å². The van der Waals surface area contributed by atoms with Crippen LogP contribution in [0, 0.1) is 0 Å². The van der Waals surface area contributed by atoms with Gasteiger partial charge in [-0.1, -0.05) is 51.3 Å². The Morgan fingerprint density at radius 1 is 1.32 bits per heavy atom. The molecule has 0 fully saturated rings. The van der Waals surface area contributed by atoms with Crippen LogP contribution in [0.1, 0.15) is 57.8 Å². The molecule has 1 aromatic carbocycles. The van der Waals surface area contributed by atoms with Gasteiger partial charge in [-0.05, 0) is 25.5 Å². The molecule has 118 valence electrons. The van der Waals surface area contributed by atoms with E-state index in [-0.39, 0.29) is 11.9 Å². The van der Waals surface area contributed by atoms with Gasteiger partial charge in [0.25, 0.3) is 0 Å². The molecule has 0 aliphatic carbocycles.